The largest absolute Gasteiger partial charge is 0.297 e. The summed E-state index contributed by atoms with van der Waals surface area (Å²) in [6, 6.07) is 10.2. The third-order valence-electron chi connectivity index (χ3n) is 1.86. The Hall–Kier alpha value is -0.850. The van der Waals surface area contributed by atoms with Gasteiger partial charge in [-0.3, -0.25) is 4.72 Å². The third-order valence-corrected chi connectivity index (χ3v) is 4.63. The summed E-state index contributed by atoms with van der Waals surface area (Å²) in [6.45, 7) is 0. The lowest BCUT2D eigenvalue weighted by Crippen LogP contribution is -1.98. The van der Waals surface area contributed by atoms with E-state index in [2.05, 4.69) is 4.72 Å². The predicted octanol–water partition coefficient (Wildman–Crippen LogP) is 3.74. The molecule has 6 heteroatoms. The van der Waals surface area contributed by atoms with E-state index in [0.717, 1.165) is 14.1 Å². The van der Waals surface area contributed by atoms with Crippen LogP contribution in [0, 0.1) is 5.82 Å². The molecular weight excluding hydrogens is 277 g/mol. The molecule has 0 aliphatic heterocycles. The van der Waals surface area contributed by atoms with Gasteiger partial charge in [-0.1, -0.05) is 11.8 Å². The normalized spacial score (nSPS) is 12.4. The van der Waals surface area contributed by atoms with E-state index in [9.17, 15) is 8.60 Å². The van der Waals surface area contributed by atoms with Crippen LogP contribution in [0.1, 0.15) is 0 Å². The highest BCUT2D eigenvalue weighted by Gasteiger charge is 2.03. The van der Waals surface area contributed by atoms with E-state index in [4.69, 9.17) is 0 Å². The van der Waals surface area contributed by atoms with Crippen LogP contribution < -0.4 is 4.72 Å². The van der Waals surface area contributed by atoms with Gasteiger partial charge in [-0.15, -0.1) is 11.3 Å². The molecular formula is C11H10FNOS3. The number of thiophene rings is 1. The molecule has 90 valence electrons. The maximum Gasteiger partial charge on any atom is 0.123 e. The second kappa shape index (κ2) is 5.66. The average Bonchev–Trinajstić information content (AvgIpc) is 2.68. The summed E-state index contributed by atoms with van der Waals surface area (Å²) >= 11 is 3.08. The van der Waals surface area contributed by atoms with E-state index in [-0.39, 0.29) is 5.82 Å². The molecule has 1 N–H and O–H groups in total. The summed E-state index contributed by atoms with van der Waals surface area (Å²) in [5.74, 6) is -0.232. The van der Waals surface area contributed by atoms with E-state index in [1.807, 2.05) is 12.1 Å². The molecule has 1 atom stereocenters. The van der Waals surface area contributed by atoms with Gasteiger partial charge in [0.25, 0.3) is 0 Å². The van der Waals surface area contributed by atoms with Crippen molar-refractivity contribution in [1.82, 2.24) is 0 Å². The van der Waals surface area contributed by atoms with E-state index >= 15 is 0 Å². The molecule has 0 aliphatic rings. The second-order valence-electron chi connectivity index (χ2n) is 3.23. The molecule has 0 bridgehead atoms. The van der Waals surface area contributed by atoms with Gasteiger partial charge in [0.2, 0.25) is 0 Å². The van der Waals surface area contributed by atoms with Crippen LogP contribution in [-0.2, 0) is 11.0 Å². The summed E-state index contributed by atoms with van der Waals surface area (Å²) in [5, 5.41) is 0.871. The van der Waals surface area contributed by atoms with Crippen molar-refractivity contribution in [3.8, 4) is 0 Å². The van der Waals surface area contributed by atoms with Gasteiger partial charge in [0.15, 0.2) is 0 Å². The van der Waals surface area contributed by atoms with Crippen molar-refractivity contribution in [2.45, 2.75) is 9.10 Å². The first-order chi connectivity index (χ1) is 8.13. The summed E-state index contributed by atoms with van der Waals surface area (Å²) in [4.78, 5) is 0.984. The zero-order valence-corrected chi connectivity index (χ0v) is 11.4. The van der Waals surface area contributed by atoms with Crippen LogP contribution in [0.15, 0.2) is 45.5 Å². The summed E-state index contributed by atoms with van der Waals surface area (Å²) in [6.07, 6.45) is 1.59. The number of hydrogen-bond acceptors (Lipinski definition) is 3. The van der Waals surface area contributed by atoms with Gasteiger partial charge < -0.3 is 0 Å². The van der Waals surface area contributed by atoms with Crippen LogP contribution in [0.5, 0.6) is 0 Å². The number of anilines is 1. The summed E-state index contributed by atoms with van der Waals surface area (Å²) < 4.78 is 27.6. The van der Waals surface area contributed by atoms with Crippen molar-refractivity contribution in [2.75, 3.05) is 11.0 Å². The first-order valence-electron chi connectivity index (χ1n) is 4.77. The fraction of sp³-hybridized carbons (Fsp3) is 0.0909. The minimum atomic E-state index is -1.05. The molecule has 1 heterocycles. The monoisotopic (exact) mass is 287 g/mol. The molecule has 0 saturated heterocycles. The molecule has 1 unspecified atom stereocenters. The van der Waals surface area contributed by atoms with Crippen LogP contribution in [0.25, 0.3) is 0 Å². The number of benzene rings is 1. The van der Waals surface area contributed by atoms with Gasteiger partial charge in [0, 0.05) is 11.2 Å². The Bertz CT molecular complexity index is 524. The minimum Gasteiger partial charge on any atom is -0.297 e. The van der Waals surface area contributed by atoms with Crippen LogP contribution in [0.3, 0.4) is 0 Å². The topological polar surface area (TPSA) is 29.1 Å². The number of rotatable bonds is 4. The Morgan fingerprint density at radius 3 is 2.59 bits per heavy atom. The Balaban J connectivity index is 2.06. The van der Waals surface area contributed by atoms with Crippen LogP contribution in [-0.4, -0.2) is 10.5 Å². The summed E-state index contributed by atoms with van der Waals surface area (Å²) in [5.41, 5.74) is 0. The third kappa shape index (κ3) is 3.83. The Morgan fingerprint density at radius 1 is 1.24 bits per heavy atom. The lowest BCUT2D eigenvalue weighted by molar-refractivity contribution is 0.626. The highest BCUT2D eigenvalue weighted by molar-refractivity contribution is 8.01. The van der Waals surface area contributed by atoms with E-state index in [1.54, 1.807) is 30.2 Å². The zero-order chi connectivity index (χ0) is 12.3. The standard InChI is InChI=1S/C11H10FNOS3/c1-17(14)13-10-6-7-11(16-10)15-9-4-2-8(12)3-5-9/h2-7,13H,1H3. The number of halogens is 1. The zero-order valence-electron chi connectivity index (χ0n) is 8.98. The van der Waals surface area contributed by atoms with E-state index in [0.29, 0.717) is 0 Å². The van der Waals surface area contributed by atoms with Gasteiger partial charge in [-0.25, -0.2) is 8.60 Å². The minimum absolute atomic E-state index is 0.232. The van der Waals surface area contributed by atoms with Crippen molar-refractivity contribution in [3.63, 3.8) is 0 Å². The van der Waals surface area contributed by atoms with Crippen molar-refractivity contribution in [2.24, 2.45) is 0 Å². The Kier molecular flexibility index (Phi) is 4.20. The number of hydrogen-bond donors (Lipinski definition) is 1. The molecule has 0 aliphatic carbocycles. The fourth-order valence-electron chi connectivity index (χ4n) is 1.19. The molecule has 2 rings (SSSR count). The Morgan fingerprint density at radius 2 is 1.94 bits per heavy atom. The molecule has 0 saturated carbocycles. The Labute approximate surface area is 110 Å². The molecule has 1 aromatic carbocycles. The lowest BCUT2D eigenvalue weighted by Gasteiger charge is -1.98. The van der Waals surface area contributed by atoms with Gasteiger partial charge in [-0.05, 0) is 36.4 Å². The van der Waals surface area contributed by atoms with Crippen LogP contribution >= 0.6 is 23.1 Å². The van der Waals surface area contributed by atoms with Crippen molar-refractivity contribution in [3.05, 3.63) is 42.2 Å². The second-order valence-corrected chi connectivity index (χ2v) is 6.80. The summed E-state index contributed by atoms with van der Waals surface area (Å²) in [7, 11) is -1.05. The first-order valence-corrected chi connectivity index (χ1v) is 7.96. The fourth-order valence-corrected chi connectivity index (χ4v) is 3.91. The molecule has 1 aromatic heterocycles. The quantitative estimate of drug-likeness (QED) is 0.928. The number of nitrogens with one attached hydrogen (secondary N) is 1. The van der Waals surface area contributed by atoms with Crippen LogP contribution in [0.4, 0.5) is 9.39 Å². The molecule has 0 fully saturated rings. The van der Waals surface area contributed by atoms with Gasteiger partial charge in [0.1, 0.15) is 21.8 Å². The molecule has 2 nitrogen and oxygen atoms in total. The van der Waals surface area contributed by atoms with Crippen molar-refractivity contribution in [1.29, 1.82) is 0 Å². The van der Waals surface area contributed by atoms with Gasteiger partial charge >= 0.3 is 0 Å². The molecule has 2 aromatic rings. The van der Waals surface area contributed by atoms with Gasteiger partial charge in [-0.2, -0.15) is 0 Å². The van der Waals surface area contributed by atoms with E-state index < -0.39 is 11.0 Å². The molecule has 17 heavy (non-hydrogen) atoms. The molecule has 0 radical (unpaired) electrons. The van der Waals surface area contributed by atoms with Crippen molar-refractivity contribution >= 4 is 39.1 Å². The maximum atomic E-state index is 12.7. The first kappa shape index (κ1) is 12.6. The predicted molar refractivity (Wildman–Crippen MR) is 72.5 cm³/mol. The maximum absolute atomic E-state index is 12.7. The lowest BCUT2D eigenvalue weighted by atomic mass is 10.4. The van der Waals surface area contributed by atoms with Crippen LogP contribution in [0.2, 0.25) is 0 Å². The SMILES string of the molecule is CS(=O)Nc1ccc(Sc2ccc(F)cc2)s1. The smallest absolute Gasteiger partial charge is 0.123 e. The highest BCUT2D eigenvalue weighted by atomic mass is 32.2. The average molecular weight is 287 g/mol. The molecule has 0 amide bonds. The molecule has 0 spiro atoms. The highest BCUT2D eigenvalue weighted by Crippen LogP contribution is 2.35. The van der Waals surface area contributed by atoms with Crippen molar-refractivity contribution < 1.29 is 8.60 Å². The van der Waals surface area contributed by atoms with E-state index in [1.165, 1.54) is 23.5 Å². The van der Waals surface area contributed by atoms with Gasteiger partial charge in [0.05, 0.1) is 4.21 Å².